The van der Waals surface area contributed by atoms with Crippen LogP contribution in [0.5, 0.6) is 0 Å². The fourth-order valence-electron chi connectivity index (χ4n) is 15.7. The second-order valence-electron chi connectivity index (χ2n) is 28.1. The van der Waals surface area contributed by atoms with Gasteiger partial charge in [0.1, 0.15) is 5.69 Å². The van der Waals surface area contributed by atoms with E-state index in [-0.39, 0.29) is 0 Å². The summed E-state index contributed by atoms with van der Waals surface area (Å²) in [6, 6.07) is 119. The van der Waals surface area contributed by atoms with Gasteiger partial charge in [-0.3, -0.25) is 9.97 Å². The Morgan fingerprint density at radius 3 is 0.946 bits per heavy atom. The molecule has 0 fully saturated rings. The van der Waals surface area contributed by atoms with E-state index in [9.17, 15) is 0 Å². The Morgan fingerprint density at radius 2 is 0.500 bits per heavy atom. The fraction of sp³-hybridized carbons (Fsp3) is 0.0198. The first-order chi connectivity index (χ1) is 55.3. The van der Waals surface area contributed by atoms with Gasteiger partial charge in [0.2, 0.25) is 0 Å². The highest BCUT2D eigenvalue weighted by molar-refractivity contribution is 6.25. The van der Waals surface area contributed by atoms with Crippen molar-refractivity contribution in [3.63, 3.8) is 0 Å². The smallest absolute Gasteiger partial charge is 0.182 e. The molecule has 11 heteroatoms. The largest absolute Gasteiger partial charge is 0.256 e. The third-order valence-corrected chi connectivity index (χ3v) is 21.1. The third-order valence-electron chi connectivity index (χ3n) is 21.1. The van der Waals surface area contributed by atoms with E-state index in [2.05, 4.69) is 266 Å². The van der Waals surface area contributed by atoms with Crippen LogP contribution in [-0.4, -0.2) is 54.8 Å². The molecule has 0 bridgehead atoms. The summed E-state index contributed by atoms with van der Waals surface area (Å²) in [6.45, 7) is 4.15. The van der Waals surface area contributed by atoms with Crippen molar-refractivity contribution < 1.29 is 0 Å². The maximum Gasteiger partial charge on any atom is 0.182 e. The Balaban J connectivity index is 0.000000111. The lowest BCUT2D eigenvalue weighted by Crippen LogP contribution is -2.02. The van der Waals surface area contributed by atoms with Gasteiger partial charge in [-0.15, -0.1) is 0 Å². The lowest BCUT2D eigenvalue weighted by molar-refractivity contribution is 1.06. The number of aromatic nitrogens is 11. The normalized spacial score (nSPS) is 11.5. The molecule has 13 aromatic carbocycles. The molecule has 9 aromatic heterocycles. The molecule has 0 saturated heterocycles. The standard InChI is InChI=1S/C39H27N5.2C31H19N3/c1-24-14-18-27(19-15-24)37-42-38(28-20-16-25(2)17-21-28)44-39(43-37)34-13-7-12-33(40-34)36-31-23-22-26-8-3-4-9-29(26)35(31)30-10-5-6-11-32(30)41-36;1-2-9-21-20(8-1)16-17-25-30(21)24-11-4-6-13-28(24)34-31(25)29-15-7-14-27(33-29)23-18-19-32-26-12-5-3-10-22(23)26;1-2-9-21-20(8-1)17-18-25-30(21)24-10-3-4-13-28(24)34-31(25)29-16-6-15-27(33-29)23-11-5-14-26-22(23)12-7-19-32-26/h3-23H,1-2H3;2*1-19H. The first kappa shape index (κ1) is 66.4. The average molecular weight is 1430 g/mol. The van der Waals surface area contributed by atoms with Crippen molar-refractivity contribution in [3.05, 3.63) is 369 Å². The summed E-state index contributed by atoms with van der Waals surface area (Å²) in [4.78, 5) is 54.5. The summed E-state index contributed by atoms with van der Waals surface area (Å²) in [5.74, 6) is 1.74. The van der Waals surface area contributed by atoms with Gasteiger partial charge >= 0.3 is 0 Å². The van der Waals surface area contributed by atoms with E-state index < -0.39 is 0 Å². The molecule has 112 heavy (non-hydrogen) atoms. The molecule has 0 unspecified atom stereocenters. The second kappa shape index (κ2) is 28.3. The predicted octanol–water partition coefficient (Wildman–Crippen LogP) is 25.0. The van der Waals surface area contributed by atoms with Gasteiger partial charge in [-0.05, 0) is 125 Å². The van der Waals surface area contributed by atoms with Crippen LogP contribution in [0.3, 0.4) is 0 Å². The Morgan fingerprint density at radius 1 is 0.179 bits per heavy atom. The van der Waals surface area contributed by atoms with Crippen LogP contribution in [0.2, 0.25) is 0 Å². The summed E-state index contributed by atoms with van der Waals surface area (Å²) in [5, 5.41) is 19.9. The molecule has 0 amide bonds. The first-order valence-corrected chi connectivity index (χ1v) is 37.5. The minimum atomic E-state index is 0.517. The van der Waals surface area contributed by atoms with Crippen LogP contribution < -0.4 is 0 Å². The molecule has 22 rings (SSSR count). The first-order valence-electron chi connectivity index (χ1n) is 37.5. The number of benzene rings is 13. The molecule has 0 aliphatic carbocycles. The molecule has 0 aliphatic heterocycles. The third kappa shape index (κ3) is 12.2. The van der Waals surface area contributed by atoms with Crippen molar-refractivity contribution in [2.45, 2.75) is 13.8 Å². The Kier molecular flexibility index (Phi) is 16.7. The van der Waals surface area contributed by atoms with Crippen LogP contribution in [0.1, 0.15) is 11.1 Å². The number of pyridine rings is 8. The molecule has 0 atom stereocenters. The zero-order valence-electron chi connectivity index (χ0n) is 61.0. The van der Waals surface area contributed by atoms with E-state index in [1.165, 1.54) is 59.6 Å². The maximum absolute atomic E-state index is 5.15. The molecule has 0 spiro atoms. The van der Waals surface area contributed by atoms with Crippen LogP contribution in [0.15, 0.2) is 358 Å². The molecule has 11 nitrogen and oxygen atoms in total. The van der Waals surface area contributed by atoms with Gasteiger partial charge in [-0.25, -0.2) is 44.9 Å². The zero-order valence-corrected chi connectivity index (χ0v) is 61.0. The van der Waals surface area contributed by atoms with Crippen molar-refractivity contribution in [1.29, 1.82) is 0 Å². The molecule has 0 saturated carbocycles. The van der Waals surface area contributed by atoms with Crippen molar-refractivity contribution in [2.75, 3.05) is 0 Å². The molecular weight excluding hydrogens is 1370 g/mol. The van der Waals surface area contributed by atoms with Gasteiger partial charge < -0.3 is 0 Å². The Hall–Kier alpha value is -15.1. The van der Waals surface area contributed by atoms with E-state index in [0.717, 1.165) is 138 Å². The summed E-state index contributed by atoms with van der Waals surface area (Å²) >= 11 is 0. The highest BCUT2D eigenvalue weighted by Crippen LogP contribution is 2.42. The highest BCUT2D eigenvalue weighted by atomic mass is 15.0. The Labute approximate surface area is 644 Å². The zero-order chi connectivity index (χ0) is 74.6. The number of hydrogen-bond donors (Lipinski definition) is 0. The summed E-state index contributed by atoms with van der Waals surface area (Å²) < 4.78 is 0. The van der Waals surface area contributed by atoms with Crippen LogP contribution in [-0.2, 0) is 0 Å². The van der Waals surface area contributed by atoms with Gasteiger partial charge in [0.25, 0.3) is 0 Å². The summed E-state index contributed by atoms with van der Waals surface area (Å²) in [7, 11) is 0. The monoisotopic (exact) mass is 1430 g/mol. The average Bonchev–Trinajstić information content (AvgIpc) is 0.748. The number of aryl methyl sites for hydroxylation is 2. The summed E-state index contributed by atoms with van der Waals surface area (Å²) in [6.07, 6.45) is 3.67. The minimum Gasteiger partial charge on any atom is -0.256 e. The molecule has 0 N–H and O–H groups in total. The SMILES string of the molecule is Cc1ccc(-c2nc(-c3ccc(C)cc3)nc(-c3cccc(-c4nc5ccccc5c5c4ccc4ccccc45)n3)n2)cc1.c1cc(-c2cccc3ncccc23)nc(-c2nc3ccccc3c3c2ccc2ccccc23)c1.c1cc(-c2ccnc3ccccc23)nc(-c2nc3ccccc3c3c2ccc2ccccc23)c1. The van der Waals surface area contributed by atoms with Gasteiger partial charge in [0.05, 0.1) is 73.1 Å². The van der Waals surface area contributed by atoms with Crippen LogP contribution in [0.25, 0.3) is 210 Å². The van der Waals surface area contributed by atoms with Crippen molar-refractivity contribution in [1.82, 2.24) is 54.8 Å². The lowest BCUT2D eigenvalue weighted by Gasteiger charge is -2.13. The van der Waals surface area contributed by atoms with E-state index in [4.69, 9.17) is 44.9 Å². The molecule has 22 aromatic rings. The molecule has 0 radical (unpaired) electrons. The number of nitrogens with zero attached hydrogens (tertiary/aromatic N) is 11. The van der Waals surface area contributed by atoms with Crippen LogP contribution in [0, 0.1) is 13.8 Å². The highest BCUT2D eigenvalue weighted by Gasteiger charge is 2.21. The van der Waals surface area contributed by atoms with E-state index in [1.807, 2.05) is 116 Å². The molecule has 524 valence electrons. The van der Waals surface area contributed by atoms with E-state index in [1.54, 1.807) is 0 Å². The second-order valence-corrected chi connectivity index (χ2v) is 28.1. The molecule has 0 aliphatic rings. The number of rotatable bonds is 8. The minimum absolute atomic E-state index is 0.517. The summed E-state index contributed by atoms with van der Waals surface area (Å²) in [5.41, 5.74) is 18.8. The van der Waals surface area contributed by atoms with Gasteiger partial charge in [0, 0.05) is 93.9 Å². The molecular formula is C101H65N11. The van der Waals surface area contributed by atoms with E-state index >= 15 is 0 Å². The van der Waals surface area contributed by atoms with Crippen molar-refractivity contribution in [2.24, 2.45) is 0 Å². The maximum atomic E-state index is 5.15. The lowest BCUT2D eigenvalue weighted by atomic mass is 9.96. The number of hydrogen-bond acceptors (Lipinski definition) is 11. The van der Waals surface area contributed by atoms with E-state index in [0.29, 0.717) is 23.2 Å². The van der Waals surface area contributed by atoms with Crippen molar-refractivity contribution >= 4 is 119 Å². The van der Waals surface area contributed by atoms with Crippen molar-refractivity contribution in [3.8, 4) is 91.0 Å². The number of para-hydroxylation sites is 4. The molecule has 9 heterocycles. The Bertz CT molecular complexity index is 7090. The van der Waals surface area contributed by atoms with Gasteiger partial charge in [0.15, 0.2) is 17.5 Å². The fourth-order valence-corrected chi connectivity index (χ4v) is 15.7. The van der Waals surface area contributed by atoms with Crippen LogP contribution >= 0.6 is 0 Å². The van der Waals surface area contributed by atoms with Gasteiger partial charge in [-0.1, -0.05) is 278 Å². The predicted molar refractivity (Wildman–Crippen MR) is 461 cm³/mol. The number of fused-ring (bicyclic) bond motifs is 17. The van der Waals surface area contributed by atoms with Gasteiger partial charge in [-0.2, -0.15) is 0 Å². The topological polar surface area (TPSA) is 142 Å². The van der Waals surface area contributed by atoms with Crippen LogP contribution in [0.4, 0.5) is 0 Å². The quantitative estimate of drug-likeness (QED) is 0.134.